The molecule has 0 saturated heterocycles. The van der Waals surface area contributed by atoms with Gasteiger partial charge in [-0.2, -0.15) is 0 Å². The van der Waals surface area contributed by atoms with Crippen LogP contribution in [-0.4, -0.2) is 18.4 Å². The van der Waals surface area contributed by atoms with Crippen LogP contribution >= 0.6 is 0 Å². The van der Waals surface area contributed by atoms with Gasteiger partial charge in [-0.15, -0.1) is 4.91 Å². The lowest BCUT2D eigenvalue weighted by atomic mass is 10.1. The summed E-state index contributed by atoms with van der Waals surface area (Å²) in [5.74, 6) is -1.03. The van der Waals surface area contributed by atoms with E-state index in [1.54, 1.807) is 0 Å². The number of nitrogens with zero attached hydrogens (tertiary/aromatic N) is 1. The number of carbonyl (C=O) groups excluding carboxylic acids is 2. The third kappa shape index (κ3) is 5.55. The van der Waals surface area contributed by atoms with Crippen LogP contribution in [0, 0.1) is 4.91 Å². The van der Waals surface area contributed by atoms with Crippen molar-refractivity contribution >= 4 is 11.8 Å². The molecular formula is C12H14N2O3. The van der Waals surface area contributed by atoms with E-state index in [4.69, 9.17) is 0 Å². The topological polar surface area (TPSA) is 75.6 Å². The fourth-order valence-corrected chi connectivity index (χ4v) is 1.35. The van der Waals surface area contributed by atoms with Crippen molar-refractivity contribution in [2.75, 3.05) is 6.54 Å². The van der Waals surface area contributed by atoms with Crippen LogP contribution in [0.4, 0.5) is 0 Å². The molecule has 0 fully saturated rings. The summed E-state index contributed by atoms with van der Waals surface area (Å²) in [4.78, 5) is 31.6. The van der Waals surface area contributed by atoms with Gasteiger partial charge in [-0.25, -0.2) is 0 Å². The van der Waals surface area contributed by atoms with Gasteiger partial charge in [0.2, 0.25) is 5.91 Å². The largest absolute Gasteiger partial charge is 0.356 e. The lowest BCUT2D eigenvalue weighted by Crippen LogP contribution is -2.25. The minimum Gasteiger partial charge on any atom is -0.356 e. The molecule has 90 valence electrons. The average molecular weight is 234 g/mol. The third-order valence-electron chi connectivity index (χ3n) is 2.25. The van der Waals surface area contributed by atoms with E-state index < -0.39 is 5.91 Å². The maximum absolute atomic E-state index is 11.2. The second-order valence-electron chi connectivity index (χ2n) is 3.57. The van der Waals surface area contributed by atoms with Gasteiger partial charge in [-0.1, -0.05) is 30.3 Å². The van der Waals surface area contributed by atoms with Gasteiger partial charge in [0.05, 0.1) is 0 Å². The fraction of sp³-hybridized carbons (Fsp3) is 0.333. The highest BCUT2D eigenvalue weighted by atomic mass is 16.3. The fourth-order valence-electron chi connectivity index (χ4n) is 1.35. The van der Waals surface area contributed by atoms with E-state index in [2.05, 4.69) is 10.5 Å². The Bertz CT molecular complexity index is 390. The Kier molecular flexibility index (Phi) is 5.57. The molecule has 17 heavy (non-hydrogen) atoms. The summed E-state index contributed by atoms with van der Waals surface area (Å²) in [6.07, 6.45) is 0.631. The summed E-state index contributed by atoms with van der Waals surface area (Å²) < 4.78 is 0. The summed E-state index contributed by atoms with van der Waals surface area (Å²) in [5, 5.41) is 4.90. The molecule has 0 aliphatic carbocycles. The first-order valence-corrected chi connectivity index (χ1v) is 5.39. The van der Waals surface area contributed by atoms with Crippen LogP contribution in [0.25, 0.3) is 0 Å². The first-order valence-electron chi connectivity index (χ1n) is 5.39. The van der Waals surface area contributed by atoms with Gasteiger partial charge in [0.1, 0.15) is 0 Å². The highest BCUT2D eigenvalue weighted by molar-refractivity contribution is 5.83. The monoisotopic (exact) mass is 234 g/mol. The maximum Gasteiger partial charge on any atom is 0.286 e. The van der Waals surface area contributed by atoms with E-state index in [0.717, 1.165) is 12.0 Å². The predicted octanol–water partition coefficient (Wildman–Crippen LogP) is 1.42. The molecule has 1 aromatic rings. The van der Waals surface area contributed by atoms with Gasteiger partial charge in [-0.05, 0) is 12.0 Å². The van der Waals surface area contributed by atoms with Crippen LogP contribution in [0.5, 0.6) is 0 Å². The van der Waals surface area contributed by atoms with Gasteiger partial charge in [0.15, 0.2) is 0 Å². The second-order valence-corrected chi connectivity index (χ2v) is 3.57. The van der Waals surface area contributed by atoms with E-state index in [1.807, 2.05) is 30.3 Å². The van der Waals surface area contributed by atoms with Crippen LogP contribution in [-0.2, 0) is 16.0 Å². The third-order valence-corrected chi connectivity index (χ3v) is 2.25. The molecule has 1 aromatic carbocycles. The number of hydrogen-bond acceptors (Lipinski definition) is 3. The minimum atomic E-state index is -0.789. The molecule has 1 rings (SSSR count). The lowest BCUT2D eigenvalue weighted by Gasteiger charge is -2.04. The number of hydrogen-bond donors (Lipinski definition) is 1. The lowest BCUT2D eigenvalue weighted by molar-refractivity contribution is -0.124. The first kappa shape index (κ1) is 13.0. The van der Waals surface area contributed by atoms with Crippen molar-refractivity contribution in [1.82, 2.24) is 5.32 Å². The highest BCUT2D eigenvalue weighted by Gasteiger charge is 2.06. The highest BCUT2D eigenvalue weighted by Crippen LogP contribution is 1.98. The molecule has 0 radical (unpaired) electrons. The summed E-state index contributed by atoms with van der Waals surface area (Å²) in [5.41, 5.74) is 1.14. The number of rotatable bonds is 6. The van der Waals surface area contributed by atoms with Crippen LogP contribution < -0.4 is 5.32 Å². The zero-order valence-corrected chi connectivity index (χ0v) is 9.39. The molecule has 5 heteroatoms. The molecule has 2 amide bonds. The SMILES string of the molecule is O=NC(=O)CCC(=O)NCCc1ccccc1. The summed E-state index contributed by atoms with van der Waals surface area (Å²) in [6, 6.07) is 9.76. The van der Waals surface area contributed by atoms with E-state index in [-0.39, 0.29) is 18.7 Å². The van der Waals surface area contributed by atoms with Crippen molar-refractivity contribution in [3.8, 4) is 0 Å². The normalized spacial score (nSPS) is 9.65. The Morgan fingerprint density at radius 2 is 1.82 bits per heavy atom. The van der Waals surface area contributed by atoms with Gasteiger partial charge in [0.25, 0.3) is 5.91 Å². The van der Waals surface area contributed by atoms with E-state index >= 15 is 0 Å². The Balaban J connectivity index is 2.16. The Morgan fingerprint density at radius 3 is 2.47 bits per heavy atom. The van der Waals surface area contributed by atoms with E-state index in [1.165, 1.54) is 0 Å². The van der Waals surface area contributed by atoms with Crippen LogP contribution in [0.2, 0.25) is 0 Å². The number of amides is 2. The smallest absolute Gasteiger partial charge is 0.286 e. The van der Waals surface area contributed by atoms with Gasteiger partial charge in [0, 0.05) is 24.6 Å². The van der Waals surface area contributed by atoms with E-state index in [0.29, 0.717) is 6.54 Å². The molecule has 0 spiro atoms. The molecule has 0 unspecified atom stereocenters. The molecule has 1 N–H and O–H groups in total. The minimum absolute atomic E-state index is 0.0133. The standard InChI is InChI=1S/C12H14N2O3/c15-11(6-7-12(16)14-17)13-9-8-10-4-2-1-3-5-10/h1-5H,6-9H2,(H,13,15). The molecule has 0 aromatic heterocycles. The van der Waals surface area contributed by atoms with Crippen molar-refractivity contribution in [1.29, 1.82) is 0 Å². The van der Waals surface area contributed by atoms with Crippen molar-refractivity contribution in [2.45, 2.75) is 19.3 Å². The number of nitroso groups, excluding NO2 is 1. The number of carbonyl (C=O) groups is 2. The Labute approximate surface area is 99.2 Å². The maximum atomic E-state index is 11.2. The van der Waals surface area contributed by atoms with Crippen LogP contribution in [0.1, 0.15) is 18.4 Å². The summed E-state index contributed by atoms with van der Waals surface area (Å²) in [6.45, 7) is 0.519. The van der Waals surface area contributed by atoms with Gasteiger partial charge >= 0.3 is 0 Å². The van der Waals surface area contributed by atoms with Crippen molar-refractivity contribution in [3.63, 3.8) is 0 Å². The van der Waals surface area contributed by atoms with Crippen LogP contribution in [0.3, 0.4) is 0 Å². The van der Waals surface area contributed by atoms with Crippen molar-refractivity contribution in [3.05, 3.63) is 40.8 Å². The van der Waals surface area contributed by atoms with Crippen LogP contribution in [0.15, 0.2) is 35.5 Å². The zero-order valence-electron chi connectivity index (χ0n) is 9.39. The molecule has 0 atom stereocenters. The van der Waals surface area contributed by atoms with Gasteiger partial charge < -0.3 is 5.32 Å². The van der Waals surface area contributed by atoms with Gasteiger partial charge in [-0.3, -0.25) is 9.59 Å². The molecule has 0 bridgehead atoms. The molecule has 0 saturated carbocycles. The predicted molar refractivity (Wildman–Crippen MR) is 63.2 cm³/mol. The summed E-state index contributed by atoms with van der Waals surface area (Å²) in [7, 11) is 0. The zero-order chi connectivity index (χ0) is 12.5. The summed E-state index contributed by atoms with van der Waals surface area (Å²) >= 11 is 0. The molecular weight excluding hydrogens is 220 g/mol. The molecule has 5 nitrogen and oxygen atoms in total. The van der Waals surface area contributed by atoms with E-state index in [9.17, 15) is 14.5 Å². The number of nitrogens with one attached hydrogen (secondary N) is 1. The Hall–Kier alpha value is -2.04. The molecule has 0 aliphatic heterocycles. The second kappa shape index (κ2) is 7.27. The number of benzene rings is 1. The molecule has 0 heterocycles. The van der Waals surface area contributed by atoms with Crippen molar-refractivity contribution in [2.24, 2.45) is 5.18 Å². The van der Waals surface area contributed by atoms with Crippen molar-refractivity contribution < 1.29 is 9.59 Å². The first-order chi connectivity index (χ1) is 8.22. The Morgan fingerprint density at radius 1 is 1.12 bits per heavy atom. The average Bonchev–Trinajstić information content (AvgIpc) is 2.37. The molecule has 0 aliphatic rings. The quantitative estimate of drug-likeness (QED) is 0.756.